The van der Waals surface area contributed by atoms with Crippen molar-refractivity contribution in [1.29, 1.82) is 0 Å². The molecule has 36 heavy (non-hydrogen) atoms. The van der Waals surface area contributed by atoms with Crippen LogP contribution in [-0.4, -0.2) is 82.0 Å². The summed E-state index contributed by atoms with van der Waals surface area (Å²) in [4.78, 5) is 34.1. The van der Waals surface area contributed by atoms with Crippen molar-refractivity contribution in [2.75, 3.05) is 51.7 Å². The lowest BCUT2D eigenvalue weighted by atomic mass is 10.0. The zero-order valence-corrected chi connectivity index (χ0v) is 21.0. The number of carbonyl (C=O) groups is 1. The Morgan fingerprint density at radius 2 is 1.86 bits per heavy atom. The molecule has 10 heteroatoms. The number of fused-ring (bicyclic) bond motifs is 1. The molecule has 5 heterocycles. The first-order valence-electron chi connectivity index (χ1n) is 11.9. The lowest BCUT2D eigenvalue weighted by Crippen LogP contribution is -2.48. The second-order valence-electron chi connectivity index (χ2n) is 8.70. The highest BCUT2D eigenvalue weighted by molar-refractivity contribution is 6.31. The van der Waals surface area contributed by atoms with Crippen LogP contribution >= 0.6 is 11.6 Å². The number of ether oxygens (including phenoxy) is 1. The summed E-state index contributed by atoms with van der Waals surface area (Å²) in [6, 6.07) is 9.35. The maximum Gasteiger partial charge on any atom is 0.239 e. The molecule has 0 aromatic carbocycles. The summed E-state index contributed by atoms with van der Waals surface area (Å²) >= 11 is 6.22. The molecular formula is C26H28ClN7O2. The highest BCUT2D eigenvalue weighted by atomic mass is 35.5. The van der Waals surface area contributed by atoms with Gasteiger partial charge < -0.3 is 19.9 Å². The Bertz CT molecular complexity index is 1360. The Morgan fingerprint density at radius 3 is 2.58 bits per heavy atom. The van der Waals surface area contributed by atoms with E-state index in [0.717, 1.165) is 66.1 Å². The van der Waals surface area contributed by atoms with E-state index in [9.17, 15) is 4.79 Å². The average Bonchev–Trinajstić information content (AvgIpc) is 3.28. The molecule has 0 bridgehead atoms. The molecule has 0 atom stereocenters. The summed E-state index contributed by atoms with van der Waals surface area (Å²) in [5, 5.41) is 3.50. The van der Waals surface area contributed by atoms with E-state index in [0.29, 0.717) is 23.3 Å². The minimum absolute atomic E-state index is 0.0747. The molecule has 1 aliphatic heterocycles. The lowest BCUT2D eigenvalue weighted by molar-refractivity contribution is -0.117. The molecule has 1 aliphatic rings. The number of rotatable bonds is 7. The van der Waals surface area contributed by atoms with Gasteiger partial charge in [0.1, 0.15) is 5.82 Å². The fourth-order valence-corrected chi connectivity index (χ4v) is 4.66. The highest BCUT2D eigenvalue weighted by Gasteiger charge is 2.20. The number of aromatic nitrogens is 4. The molecule has 2 N–H and O–H groups in total. The van der Waals surface area contributed by atoms with Crippen LogP contribution < -0.4 is 10.1 Å². The monoisotopic (exact) mass is 505 g/mol. The number of piperazine rings is 1. The standard InChI is InChI=1S/C26H28ClN7O2/c1-3-33-8-10-34(11-9-33)16-22(35)32-21-12-17(6-7-28-21)25-24(18-4-5-23(36-2)29-14-18)26-20(31-25)13-19(27)15-30-26/h4-7,12-15,31H,3,8-11,16H2,1-2H3,(H,28,32,35). The van der Waals surface area contributed by atoms with Gasteiger partial charge in [0.2, 0.25) is 11.8 Å². The van der Waals surface area contributed by atoms with Gasteiger partial charge in [0.25, 0.3) is 0 Å². The van der Waals surface area contributed by atoms with Crippen molar-refractivity contribution >= 4 is 34.4 Å². The van der Waals surface area contributed by atoms with Crippen molar-refractivity contribution in [3.63, 3.8) is 0 Å². The molecule has 0 spiro atoms. The second-order valence-corrected chi connectivity index (χ2v) is 9.14. The molecule has 4 aromatic rings. The summed E-state index contributed by atoms with van der Waals surface area (Å²) in [5.41, 5.74) is 5.03. The van der Waals surface area contributed by atoms with Crippen molar-refractivity contribution in [3.05, 3.63) is 53.9 Å². The average molecular weight is 506 g/mol. The van der Waals surface area contributed by atoms with Crippen LogP contribution in [0.2, 0.25) is 5.02 Å². The number of hydrogen-bond acceptors (Lipinski definition) is 7. The van der Waals surface area contributed by atoms with E-state index in [1.807, 2.05) is 30.3 Å². The van der Waals surface area contributed by atoms with Gasteiger partial charge in [-0.05, 0) is 30.8 Å². The van der Waals surface area contributed by atoms with Crippen molar-refractivity contribution < 1.29 is 9.53 Å². The maximum absolute atomic E-state index is 12.7. The molecule has 0 radical (unpaired) electrons. The lowest BCUT2D eigenvalue weighted by Gasteiger charge is -2.33. The van der Waals surface area contributed by atoms with Gasteiger partial charge in [0.15, 0.2) is 0 Å². The van der Waals surface area contributed by atoms with Crippen LogP contribution in [0.5, 0.6) is 5.88 Å². The number of aromatic amines is 1. The number of hydrogen-bond donors (Lipinski definition) is 2. The highest BCUT2D eigenvalue weighted by Crippen LogP contribution is 2.38. The molecular weight excluding hydrogens is 478 g/mol. The van der Waals surface area contributed by atoms with Crippen molar-refractivity contribution in [2.24, 2.45) is 0 Å². The zero-order chi connectivity index (χ0) is 25.1. The largest absolute Gasteiger partial charge is 0.481 e. The number of nitrogens with one attached hydrogen (secondary N) is 2. The van der Waals surface area contributed by atoms with Crippen LogP contribution in [-0.2, 0) is 4.79 Å². The number of pyridine rings is 3. The molecule has 4 aromatic heterocycles. The number of carbonyl (C=O) groups excluding carboxylic acids is 1. The smallest absolute Gasteiger partial charge is 0.239 e. The van der Waals surface area contributed by atoms with Gasteiger partial charge in [-0.1, -0.05) is 18.5 Å². The van der Waals surface area contributed by atoms with Gasteiger partial charge in [-0.2, -0.15) is 0 Å². The summed E-state index contributed by atoms with van der Waals surface area (Å²) in [6.45, 7) is 7.30. The molecule has 1 fully saturated rings. The van der Waals surface area contributed by atoms with Gasteiger partial charge >= 0.3 is 0 Å². The van der Waals surface area contributed by atoms with Gasteiger partial charge in [-0.25, -0.2) is 9.97 Å². The molecule has 9 nitrogen and oxygen atoms in total. The van der Waals surface area contributed by atoms with Crippen LogP contribution in [0.4, 0.5) is 5.82 Å². The number of methoxy groups -OCH3 is 1. The Balaban J connectivity index is 1.42. The van der Waals surface area contributed by atoms with Gasteiger partial charge in [0.05, 0.1) is 35.4 Å². The quantitative estimate of drug-likeness (QED) is 0.392. The Hall–Kier alpha value is -3.53. The van der Waals surface area contributed by atoms with E-state index in [-0.39, 0.29) is 5.91 Å². The van der Waals surface area contributed by atoms with E-state index in [1.54, 1.807) is 25.7 Å². The number of nitrogens with zero attached hydrogens (tertiary/aromatic N) is 5. The van der Waals surface area contributed by atoms with E-state index in [4.69, 9.17) is 16.3 Å². The van der Waals surface area contributed by atoms with Gasteiger partial charge in [-0.15, -0.1) is 0 Å². The predicted octanol–water partition coefficient (Wildman–Crippen LogP) is 3.92. The van der Waals surface area contributed by atoms with Crippen molar-refractivity contribution in [3.8, 4) is 28.3 Å². The molecule has 5 rings (SSSR count). The molecule has 0 unspecified atom stereocenters. The van der Waals surface area contributed by atoms with E-state index >= 15 is 0 Å². The minimum atomic E-state index is -0.0747. The van der Waals surface area contributed by atoms with Crippen LogP contribution in [0.1, 0.15) is 6.92 Å². The Labute approximate surface area is 214 Å². The van der Waals surface area contributed by atoms with Crippen LogP contribution in [0.25, 0.3) is 33.4 Å². The number of H-pyrrole nitrogens is 1. The number of likely N-dealkylation sites (N-methyl/N-ethyl adjacent to an activating group) is 1. The number of halogens is 1. The molecule has 1 saturated heterocycles. The first-order chi connectivity index (χ1) is 17.5. The van der Waals surface area contributed by atoms with Gasteiger partial charge in [-0.3, -0.25) is 14.7 Å². The third-order valence-electron chi connectivity index (χ3n) is 6.43. The second kappa shape index (κ2) is 10.6. The van der Waals surface area contributed by atoms with Crippen LogP contribution in [0.15, 0.2) is 48.9 Å². The number of amides is 1. The predicted molar refractivity (Wildman–Crippen MR) is 141 cm³/mol. The van der Waals surface area contributed by atoms with Crippen LogP contribution in [0, 0.1) is 0 Å². The first-order valence-corrected chi connectivity index (χ1v) is 12.3. The number of anilines is 1. The maximum atomic E-state index is 12.7. The summed E-state index contributed by atoms with van der Waals surface area (Å²) < 4.78 is 5.22. The van der Waals surface area contributed by atoms with Gasteiger partial charge in [0, 0.05) is 67.5 Å². The van der Waals surface area contributed by atoms with Crippen molar-refractivity contribution in [2.45, 2.75) is 6.92 Å². The molecule has 0 aliphatic carbocycles. The molecule has 1 amide bonds. The summed E-state index contributed by atoms with van der Waals surface area (Å²) in [5.74, 6) is 0.948. The molecule has 186 valence electrons. The summed E-state index contributed by atoms with van der Waals surface area (Å²) in [7, 11) is 1.58. The normalized spacial score (nSPS) is 14.8. The third kappa shape index (κ3) is 5.18. The minimum Gasteiger partial charge on any atom is -0.481 e. The fraction of sp³-hybridized carbons (Fsp3) is 0.308. The van der Waals surface area contributed by atoms with E-state index < -0.39 is 0 Å². The summed E-state index contributed by atoms with van der Waals surface area (Å²) in [6.07, 6.45) is 5.07. The Kier molecular flexibility index (Phi) is 7.13. The third-order valence-corrected chi connectivity index (χ3v) is 6.64. The molecule has 0 saturated carbocycles. The SMILES string of the molecule is CCN1CCN(CC(=O)Nc2cc(-c3[nH]c4cc(Cl)cnc4c3-c3ccc(OC)nc3)ccn2)CC1. The van der Waals surface area contributed by atoms with Crippen molar-refractivity contribution in [1.82, 2.24) is 29.7 Å². The topological polar surface area (TPSA) is 99.3 Å². The zero-order valence-electron chi connectivity index (χ0n) is 20.3. The fourth-order valence-electron chi connectivity index (χ4n) is 4.50. The van der Waals surface area contributed by atoms with E-state index in [1.165, 1.54) is 0 Å². The van der Waals surface area contributed by atoms with Crippen LogP contribution in [0.3, 0.4) is 0 Å². The first kappa shape index (κ1) is 24.2. The van der Waals surface area contributed by atoms with E-state index in [2.05, 4.69) is 42.0 Å². The Morgan fingerprint density at radius 1 is 1.06 bits per heavy atom.